The zero-order chi connectivity index (χ0) is 15.5. The predicted molar refractivity (Wildman–Crippen MR) is 78.2 cm³/mol. The summed E-state index contributed by atoms with van der Waals surface area (Å²) in [6.45, 7) is 0.521. The van der Waals surface area contributed by atoms with E-state index in [0.717, 1.165) is 0 Å². The first kappa shape index (κ1) is 16.5. The van der Waals surface area contributed by atoms with Crippen molar-refractivity contribution in [1.29, 1.82) is 0 Å². The van der Waals surface area contributed by atoms with Crippen molar-refractivity contribution >= 4 is 21.6 Å². The van der Waals surface area contributed by atoms with E-state index in [2.05, 4.69) is 4.72 Å². The molecule has 2 N–H and O–H groups in total. The van der Waals surface area contributed by atoms with Crippen LogP contribution in [0.4, 0.5) is 0 Å². The Labute approximate surface area is 129 Å². The number of hydrogen-bond acceptors (Lipinski definition) is 5. The van der Waals surface area contributed by atoms with Crippen molar-refractivity contribution in [3.8, 4) is 5.75 Å². The molecule has 0 saturated carbocycles. The normalized spacial score (nSPS) is 18.4. The molecule has 0 aromatic heterocycles. The lowest BCUT2D eigenvalue weighted by Crippen LogP contribution is -2.54. The lowest BCUT2D eigenvalue weighted by Gasteiger charge is -2.35. The highest BCUT2D eigenvalue weighted by Gasteiger charge is 2.37. The van der Waals surface area contributed by atoms with Gasteiger partial charge in [0, 0.05) is 24.3 Å². The first-order valence-electron chi connectivity index (χ1n) is 6.49. The zero-order valence-corrected chi connectivity index (χ0v) is 13.2. The molecule has 1 aromatic rings. The summed E-state index contributed by atoms with van der Waals surface area (Å²) >= 11 is 5.84. The van der Waals surface area contributed by atoms with Gasteiger partial charge in [0.05, 0.1) is 19.3 Å². The third-order valence-electron chi connectivity index (χ3n) is 3.52. The summed E-state index contributed by atoms with van der Waals surface area (Å²) in [6, 6.07) is 4.30. The van der Waals surface area contributed by atoms with Crippen molar-refractivity contribution in [3.05, 3.63) is 23.2 Å². The van der Waals surface area contributed by atoms with Crippen LogP contribution in [0.5, 0.6) is 5.75 Å². The van der Waals surface area contributed by atoms with Crippen LogP contribution in [0.25, 0.3) is 0 Å². The minimum atomic E-state index is -3.84. The number of rotatable bonds is 5. The summed E-state index contributed by atoms with van der Waals surface area (Å²) in [6.07, 6.45) is 0.831. The van der Waals surface area contributed by atoms with Gasteiger partial charge in [-0.05, 0) is 25.0 Å². The summed E-state index contributed by atoms with van der Waals surface area (Å²) in [5.41, 5.74) is -0.901. The Hall–Kier alpha value is -0.860. The van der Waals surface area contributed by atoms with Gasteiger partial charge in [-0.1, -0.05) is 11.6 Å². The van der Waals surface area contributed by atoms with Crippen LogP contribution in [0, 0.1) is 0 Å². The van der Waals surface area contributed by atoms with E-state index in [4.69, 9.17) is 21.1 Å². The molecule has 0 unspecified atom stereocenters. The maximum atomic E-state index is 12.6. The lowest BCUT2D eigenvalue weighted by atomic mass is 9.93. The number of sulfonamides is 1. The van der Waals surface area contributed by atoms with E-state index < -0.39 is 15.6 Å². The van der Waals surface area contributed by atoms with E-state index in [1.165, 1.54) is 25.3 Å². The number of aliphatic hydroxyl groups excluding tert-OH is 1. The number of hydrogen-bond donors (Lipinski definition) is 2. The molecule has 1 fully saturated rings. The highest BCUT2D eigenvalue weighted by Crippen LogP contribution is 2.29. The maximum Gasteiger partial charge on any atom is 0.244 e. The van der Waals surface area contributed by atoms with Gasteiger partial charge in [-0.25, -0.2) is 13.1 Å². The van der Waals surface area contributed by atoms with Gasteiger partial charge in [0.25, 0.3) is 0 Å². The van der Waals surface area contributed by atoms with Crippen molar-refractivity contribution in [2.24, 2.45) is 0 Å². The molecule has 0 spiro atoms. The molecular formula is C13H18ClNO5S. The summed E-state index contributed by atoms with van der Waals surface area (Å²) in [5.74, 6) is 0.162. The summed E-state index contributed by atoms with van der Waals surface area (Å²) in [4.78, 5) is -0.00582. The molecule has 2 rings (SSSR count). The first-order valence-corrected chi connectivity index (χ1v) is 8.35. The van der Waals surface area contributed by atoms with E-state index in [9.17, 15) is 13.5 Å². The van der Waals surface area contributed by atoms with Gasteiger partial charge in [0.2, 0.25) is 10.0 Å². The summed E-state index contributed by atoms with van der Waals surface area (Å²) in [7, 11) is -2.46. The fraction of sp³-hybridized carbons (Fsp3) is 0.538. The van der Waals surface area contributed by atoms with Crippen LogP contribution in [-0.4, -0.2) is 46.0 Å². The topological polar surface area (TPSA) is 84.9 Å². The highest BCUT2D eigenvalue weighted by molar-refractivity contribution is 7.89. The van der Waals surface area contributed by atoms with Gasteiger partial charge in [-0.15, -0.1) is 0 Å². The average molecular weight is 336 g/mol. The molecule has 1 aromatic carbocycles. The lowest BCUT2D eigenvalue weighted by molar-refractivity contribution is 0.0222. The Morgan fingerprint density at radius 2 is 2.10 bits per heavy atom. The zero-order valence-electron chi connectivity index (χ0n) is 11.6. The molecule has 118 valence electrons. The quantitative estimate of drug-likeness (QED) is 0.843. The van der Waals surface area contributed by atoms with Gasteiger partial charge in [0.1, 0.15) is 10.6 Å². The third-order valence-corrected chi connectivity index (χ3v) is 5.37. The number of aliphatic hydroxyl groups is 1. The Morgan fingerprint density at radius 3 is 2.67 bits per heavy atom. The second kappa shape index (κ2) is 6.50. The van der Waals surface area contributed by atoms with Gasteiger partial charge in [0.15, 0.2) is 0 Å². The Bertz CT molecular complexity index is 599. The van der Waals surface area contributed by atoms with Crippen molar-refractivity contribution in [3.63, 3.8) is 0 Å². The standard InChI is InChI=1S/C13H18ClNO5S/c1-19-11-8-10(14)2-3-12(11)21(17,18)15-13(9-16)4-6-20-7-5-13/h2-3,8,15-16H,4-7,9H2,1H3. The first-order chi connectivity index (χ1) is 9.92. The maximum absolute atomic E-state index is 12.6. The number of halogens is 1. The average Bonchev–Trinajstić information content (AvgIpc) is 2.47. The Balaban J connectivity index is 2.33. The van der Waals surface area contributed by atoms with Crippen LogP contribution in [0.1, 0.15) is 12.8 Å². The van der Waals surface area contributed by atoms with Crippen LogP contribution >= 0.6 is 11.6 Å². The third kappa shape index (κ3) is 3.67. The molecule has 8 heteroatoms. The monoisotopic (exact) mass is 335 g/mol. The number of methoxy groups -OCH3 is 1. The molecule has 1 aliphatic rings. The van der Waals surface area contributed by atoms with Gasteiger partial charge < -0.3 is 14.6 Å². The molecule has 0 aliphatic carbocycles. The fourth-order valence-corrected chi connectivity index (χ4v) is 4.02. The van der Waals surface area contributed by atoms with Crippen LogP contribution in [-0.2, 0) is 14.8 Å². The van der Waals surface area contributed by atoms with Crippen LogP contribution < -0.4 is 9.46 Å². The van der Waals surface area contributed by atoms with Crippen molar-refractivity contribution in [2.75, 3.05) is 26.9 Å². The minimum Gasteiger partial charge on any atom is -0.495 e. The number of nitrogens with one attached hydrogen (secondary N) is 1. The minimum absolute atomic E-state index is 0.00582. The van der Waals surface area contributed by atoms with E-state index in [1.54, 1.807) is 0 Å². The van der Waals surface area contributed by atoms with Gasteiger partial charge in [-0.3, -0.25) is 0 Å². The van der Waals surface area contributed by atoms with E-state index >= 15 is 0 Å². The van der Waals surface area contributed by atoms with Crippen molar-refractivity contribution in [1.82, 2.24) is 4.72 Å². The second-order valence-electron chi connectivity index (χ2n) is 4.95. The molecule has 0 bridgehead atoms. The Kier molecular flexibility index (Phi) is 5.11. The predicted octanol–water partition coefficient (Wildman–Crippen LogP) is 1.17. The molecule has 1 saturated heterocycles. The number of benzene rings is 1. The molecule has 0 radical (unpaired) electrons. The summed E-state index contributed by atoms with van der Waals surface area (Å²) < 4.78 is 38.0. The molecule has 21 heavy (non-hydrogen) atoms. The molecule has 1 aliphatic heterocycles. The molecule has 0 atom stereocenters. The molecular weight excluding hydrogens is 318 g/mol. The van der Waals surface area contributed by atoms with Crippen molar-refractivity contribution in [2.45, 2.75) is 23.3 Å². The second-order valence-corrected chi connectivity index (χ2v) is 7.04. The van der Waals surface area contributed by atoms with Gasteiger partial charge in [-0.2, -0.15) is 0 Å². The molecule has 6 nitrogen and oxygen atoms in total. The summed E-state index contributed by atoms with van der Waals surface area (Å²) in [5, 5.41) is 9.97. The largest absolute Gasteiger partial charge is 0.495 e. The molecule has 0 amide bonds. The van der Waals surface area contributed by atoms with E-state index in [1.807, 2.05) is 0 Å². The van der Waals surface area contributed by atoms with Crippen LogP contribution in [0.2, 0.25) is 5.02 Å². The van der Waals surface area contributed by atoms with Crippen molar-refractivity contribution < 1.29 is 23.0 Å². The van der Waals surface area contributed by atoms with E-state index in [0.29, 0.717) is 31.1 Å². The Morgan fingerprint density at radius 1 is 1.43 bits per heavy atom. The van der Waals surface area contributed by atoms with Crippen LogP contribution in [0.15, 0.2) is 23.1 Å². The van der Waals surface area contributed by atoms with Gasteiger partial charge >= 0.3 is 0 Å². The SMILES string of the molecule is COc1cc(Cl)ccc1S(=O)(=O)NC1(CO)CCOCC1. The fourth-order valence-electron chi connectivity index (χ4n) is 2.26. The molecule has 1 heterocycles. The van der Waals surface area contributed by atoms with Crippen LogP contribution in [0.3, 0.4) is 0 Å². The number of ether oxygens (including phenoxy) is 2. The smallest absolute Gasteiger partial charge is 0.244 e. The highest BCUT2D eigenvalue weighted by atomic mass is 35.5. The van der Waals surface area contributed by atoms with E-state index in [-0.39, 0.29) is 17.3 Å².